The van der Waals surface area contributed by atoms with Crippen molar-refractivity contribution in [3.63, 3.8) is 0 Å². The van der Waals surface area contributed by atoms with E-state index in [4.69, 9.17) is 0 Å². The molecule has 3 aliphatic heterocycles. The van der Waals surface area contributed by atoms with Crippen LogP contribution < -0.4 is 31.1 Å². The number of anilines is 8. The van der Waals surface area contributed by atoms with Crippen LogP contribution in [0.2, 0.25) is 0 Å². The third-order valence-corrected chi connectivity index (χ3v) is 21.3. The molecule has 1 fully saturated rings. The Hall–Kier alpha value is -6.56. The van der Waals surface area contributed by atoms with Crippen molar-refractivity contribution in [3.8, 4) is 11.1 Å². The lowest BCUT2D eigenvalue weighted by atomic mass is 9.33. The van der Waals surface area contributed by atoms with Crippen molar-refractivity contribution < 1.29 is 0 Å². The molecule has 8 aromatic carbocycles. The van der Waals surface area contributed by atoms with E-state index in [1.54, 1.807) is 5.56 Å². The Labute approximate surface area is 469 Å². The van der Waals surface area contributed by atoms with Crippen molar-refractivity contribution in [2.24, 2.45) is 0 Å². The van der Waals surface area contributed by atoms with Gasteiger partial charge in [0.25, 0.3) is 6.71 Å². The van der Waals surface area contributed by atoms with Crippen LogP contribution in [0.5, 0.6) is 0 Å². The molecule has 0 spiro atoms. The van der Waals surface area contributed by atoms with Crippen LogP contribution in [0.3, 0.4) is 0 Å². The molecule has 3 nitrogen and oxygen atoms in total. The smallest absolute Gasteiger partial charge is 0.252 e. The van der Waals surface area contributed by atoms with E-state index in [1.165, 1.54) is 135 Å². The fourth-order valence-electron chi connectivity index (χ4n) is 15.4. The molecule has 5 heteroatoms. The first-order chi connectivity index (χ1) is 37.1. The van der Waals surface area contributed by atoms with E-state index in [2.05, 4.69) is 256 Å². The Balaban J connectivity index is 1.12. The maximum atomic E-state index is 2.91. The minimum absolute atomic E-state index is 0.000334. The van der Waals surface area contributed by atoms with Gasteiger partial charge in [-0.05, 0) is 183 Å². The summed E-state index contributed by atoms with van der Waals surface area (Å²) >= 11 is 1.90. The molecule has 0 radical (unpaired) electrons. The lowest BCUT2D eigenvalue weighted by Gasteiger charge is -2.53. The van der Waals surface area contributed by atoms with Crippen LogP contribution in [0.25, 0.3) is 31.3 Å². The molecule has 2 aliphatic carbocycles. The topological polar surface area (TPSA) is 9.72 Å². The van der Waals surface area contributed by atoms with Crippen LogP contribution in [-0.2, 0) is 27.1 Å². The number of nitrogens with zero attached hydrogens (tertiary/aromatic N) is 3. The van der Waals surface area contributed by atoms with Crippen LogP contribution >= 0.6 is 11.3 Å². The van der Waals surface area contributed by atoms with Gasteiger partial charge in [-0.1, -0.05) is 174 Å². The molecule has 0 amide bonds. The van der Waals surface area contributed by atoms with Crippen LogP contribution in [0.15, 0.2) is 152 Å². The highest BCUT2D eigenvalue weighted by atomic mass is 32.1. The number of rotatable bonds is 5. The number of hydrogen-bond acceptors (Lipinski definition) is 4. The summed E-state index contributed by atoms with van der Waals surface area (Å²) in [7, 11) is 0. The summed E-state index contributed by atoms with van der Waals surface area (Å²) in [4.78, 5) is 8.25. The zero-order valence-corrected chi connectivity index (χ0v) is 49.3. The second-order valence-corrected chi connectivity index (χ2v) is 29.1. The van der Waals surface area contributed by atoms with Crippen molar-refractivity contribution in [1.29, 1.82) is 0 Å². The molecule has 78 heavy (non-hydrogen) atoms. The van der Waals surface area contributed by atoms with Crippen molar-refractivity contribution in [2.45, 2.75) is 161 Å². The first-order valence-electron chi connectivity index (χ1n) is 29.2. The lowest BCUT2D eigenvalue weighted by Crippen LogP contribution is -2.64. The second kappa shape index (κ2) is 16.7. The molecule has 392 valence electrons. The largest absolute Gasteiger partial charge is 0.335 e. The Morgan fingerprint density at radius 2 is 1.18 bits per heavy atom. The first-order valence-corrected chi connectivity index (χ1v) is 30.0. The molecule has 2 atom stereocenters. The van der Waals surface area contributed by atoms with Crippen LogP contribution in [0.4, 0.5) is 45.5 Å². The zero-order chi connectivity index (χ0) is 54.2. The van der Waals surface area contributed by atoms with Crippen molar-refractivity contribution >= 4 is 100 Å². The van der Waals surface area contributed by atoms with Crippen molar-refractivity contribution in [1.82, 2.24) is 0 Å². The van der Waals surface area contributed by atoms with E-state index in [0.29, 0.717) is 0 Å². The summed E-state index contributed by atoms with van der Waals surface area (Å²) in [5.74, 6) is 0. The van der Waals surface area contributed by atoms with Gasteiger partial charge in [0, 0.05) is 65.3 Å². The summed E-state index contributed by atoms with van der Waals surface area (Å²) in [6.45, 7) is 31.8. The first kappa shape index (κ1) is 49.7. The van der Waals surface area contributed by atoms with Crippen molar-refractivity contribution in [2.75, 3.05) is 14.7 Å². The fourth-order valence-corrected chi connectivity index (χ4v) is 16.5. The molecule has 5 aliphatic rings. The van der Waals surface area contributed by atoms with E-state index in [9.17, 15) is 0 Å². The number of aryl methyl sites for hydroxylation is 1. The highest BCUT2D eigenvalue weighted by Crippen LogP contribution is 2.63. The highest BCUT2D eigenvalue weighted by Gasteiger charge is 2.61. The average molecular weight is 1040 g/mol. The summed E-state index contributed by atoms with van der Waals surface area (Å²) < 4.78 is 2.61. The number of thiophene rings is 1. The fraction of sp³-hybridized carbons (Fsp3) is 0.342. The molecule has 1 saturated carbocycles. The van der Waals surface area contributed by atoms with Crippen LogP contribution in [0.1, 0.15) is 155 Å². The highest BCUT2D eigenvalue weighted by molar-refractivity contribution is 7.26. The van der Waals surface area contributed by atoms with Gasteiger partial charge in [-0.2, -0.15) is 0 Å². The van der Waals surface area contributed by atoms with Gasteiger partial charge in [0.2, 0.25) is 0 Å². The SMILES string of the molecule is Cc1cc2c3c(c1)N1c4c(cc(C(C)(C)C)cc4C4(C)CCCCC14C)B3c1ccc(N(c3ccc(C(C)(C)C)cc3)c3cccc4sc5ccccc5c34)cc1N2c1cc2c(cc1-c1ccccc1)C(C)(C)CCC2(C)C. The Kier molecular flexibility index (Phi) is 10.7. The number of hydrogen-bond donors (Lipinski definition) is 0. The standard InChI is InChI=1S/C73H76BN3S/c1-45-38-61-66-62(39-45)77-67-55(72(12)34-19-20-35-73(72,77)13)40-48(69(5,6)7)41-57(67)74(66)56-33-32-50(42-60(56)76(61)59-44-54-53(70(8,9)36-37-71(54,10)11)43-52(59)46-22-15-14-16-23-46)75(49-30-28-47(29-31-49)68(2,3)4)58-25-21-27-64-65(58)51-24-17-18-26-63(51)78-64/h14-18,21-33,38-44H,19-20,34-37H2,1-13H3. The normalized spacial score (nSPS) is 20.6. The number of fused-ring (bicyclic) bond motifs is 11. The average Bonchev–Trinajstić information content (AvgIpc) is 2.40. The van der Waals surface area contributed by atoms with Gasteiger partial charge in [0.05, 0.1) is 16.9 Å². The lowest BCUT2D eigenvalue weighted by molar-refractivity contribution is 0.195. The molecular formula is C73H76BN3S. The molecule has 0 bridgehead atoms. The van der Waals surface area contributed by atoms with Gasteiger partial charge >= 0.3 is 0 Å². The predicted octanol–water partition coefficient (Wildman–Crippen LogP) is 18.8. The van der Waals surface area contributed by atoms with Gasteiger partial charge in [-0.25, -0.2) is 0 Å². The maximum absolute atomic E-state index is 2.91. The molecule has 9 aromatic rings. The third kappa shape index (κ3) is 7.07. The minimum Gasteiger partial charge on any atom is -0.335 e. The Morgan fingerprint density at radius 1 is 0.526 bits per heavy atom. The maximum Gasteiger partial charge on any atom is 0.252 e. The summed E-state index contributed by atoms with van der Waals surface area (Å²) in [6.07, 6.45) is 7.19. The summed E-state index contributed by atoms with van der Waals surface area (Å²) in [5.41, 5.74) is 25.6. The number of benzene rings is 8. The minimum atomic E-state index is -0.0765. The van der Waals surface area contributed by atoms with Gasteiger partial charge in [-0.3, -0.25) is 0 Å². The third-order valence-electron chi connectivity index (χ3n) is 20.2. The Morgan fingerprint density at radius 3 is 1.91 bits per heavy atom. The van der Waals surface area contributed by atoms with E-state index >= 15 is 0 Å². The van der Waals surface area contributed by atoms with Crippen molar-refractivity contribution in [3.05, 3.63) is 185 Å². The Bertz CT molecular complexity index is 3960. The summed E-state index contributed by atoms with van der Waals surface area (Å²) in [5, 5.41) is 2.60. The van der Waals surface area contributed by atoms with E-state index in [-0.39, 0.29) is 39.3 Å². The van der Waals surface area contributed by atoms with E-state index in [1.807, 2.05) is 11.3 Å². The second-order valence-electron chi connectivity index (χ2n) is 28.0. The van der Waals surface area contributed by atoms with Crippen LogP contribution in [-0.4, -0.2) is 12.3 Å². The van der Waals surface area contributed by atoms with E-state index < -0.39 is 0 Å². The molecule has 1 aromatic heterocycles. The van der Waals surface area contributed by atoms with Gasteiger partial charge in [-0.15, -0.1) is 11.3 Å². The molecule has 0 N–H and O–H groups in total. The van der Waals surface area contributed by atoms with Gasteiger partial charge < -0.3 is 14.7 Å². The van der Waals surface area contributed by atoms with Gasteiger partial charge in [0.15, 0.2) is 0 Å². The molecular weight excluding hydrogens is 962 g/mol. The quantitative estimate of drug-likeness (QED) is 0.159. The monoisotopic (exact) mass is 1040 g/mol. The molecule has 4 heterocycles. The molecule has 0 saturated heterocycles. The summed E-state index contributed by atoms with van der Waals surface area (Å²) in [6, 6.07) is 60.1. The van der Waals surface area contributed by atoms with Gasteiger partial charge in [0.1, 0.15) is 0 Å². The van der Waals surface area contributed by atoms with E-state index in [0.717, 1.165) is 24.2 Å². The zero-order valence-electron chi connectivity index (χ0n) is 48.5. The molecule has 14 rings (SSSR count). The molecule has 2 unspecified atom stereocenters. The predicted molar refractivity (Wildman–Crippen MR) is 339 cm³/mol. The van der Waals surface area contributed by atoms with Crippen LogP contribution in [0, 0.1) is 6.92 Å².